The van der Waals surface area contributed by atoms with Crippen LogP contribution in [0.15, 0.2) is 78.9 Å². The van der Waals surface area contributed by atoms with E-state index in [1.165, 1.54) is 0 Å². The summed E-state index contributed by atoms with van der Waals surface area (Å²) in [5.41, 5.74) is 2.90. The molecule has 3 aromatic rings. The molecule has 0 saturated carbocycles. The Morgan fingerprint density at radius 1 is 0.889 bits per heavy atom. The second kappa shape index (κ2) is 8.52. The van der Waals surface area contributed by atoms with Crippen molar-refractivity contribution in [1.29, 1.82) is 0 Å². The van der Waals surface area contributed by atoms with Crippen LogP contribution >= 0.6 is 11.6 Å². The number of halogens is 1. The van der Waals surface area contributed by atoms with E-state index < -0.39 is 0 Å². The maximum Gasteiger partial charge on any atom is 0.258 e. The minimum absolute atomic E-state index is 0.111. The van der Waals surface area contributed by atoms with E-state index in [0.717, 1.165) is 11.3 Å². The van der Waals surface area contributed by atoms with Gasteiger partial charge in [0.2, 0.25) is 5.91 Å². The summed E-state index contributed by atoms with van der Waals surface area (Å²) in [6, 6.07) is 23.5. The lowest BCUT2D eigenvalue weighted by Gasteiger charge is -2.17. The Kier molecular flexibility index (Phi) is 5.89. The first-order chi connectivity index (χ1) is 13.0. The molecule has 3 aromatic carbocycles. The maximum absolute atomic E-state index is 12.6. The molecule has 136 valence electrons. The predicted octanol–water partition coefficient (Wildman–Crippen LogP) is 4.80. The predicted molar refractivity (Wildman–Crippen MR) is 109 cm³/mol. The van der Waals surface area contributed by atoms with E-state index in [1.807, 2.05) is 42.5 Å². The standard InChI is InChI=1S/C22H19ClN2O2/c1-25(20-5-3-2-4-6-20)22(27)17-9-13-19(14-10-17)24-21(26)15-16-7-11-18(23)12-8-16/h2-14H,15H2,1H3,(H,24,26). The summed E-state index contributed by atoms with van der Waals surface area (Å²) in [4.78, 5) is 26.3. The van der Waals surface area contributed by atoms with Crippen molar-refractivity contribution in [2.45, 2.75) is 6.42 Å². The van der Waals surface area contributed by atoms with E-state index in [0.29, 0.717) is 16.3 Å². The molecule has 0 saturated heterocycles. The van der Waals surface area contributed by atoms with Gasteiger partial charge in [0.05, 0.1) is 6.42 Å². The Labute approximate surface area is 163 Å². The summed E-state index contributed by atoms with van der Waals surface area (Å²) >= 11 is 5.85. The molecule has 0 aliphatic heterocycles. The molecule has 0 bridgehead atoms. The molecule has 0 spiro atoms. The van der Waals surface area contributed by atoms with E-state index in [2.05, 4.69) is 5.32 Å². The summed E-state index contributed by atoms with van der Waals surface area (Å²) < 4.78 is 0. The molecule has 0 aromatic heterocycles. The Morgan fingerprint density at radius 3 is 2.15 bits per heavy atom. The number of nitrogens with zero attached hydrogens (tertiary/aromatic N) is 1. The Bertz CT molecular complexity index is 923. The molecule has 0 heterocycles. The molecule has 0 fully saturated rings. The topological polar surface area (TPSA) is 49.4 Å². The molecule has 0 unspecified atom stereocenters. The highest BCUT2D eigenvalue weighted by atomic mass is 35.5. The Hall–Kier alpha value is -3.11. The quantitative estimate of drug-likeness (QED) is 0.693. The lowest BCUT2D eigenvalue weighted by Crippen LogP contribution is -2.26. The molecule has 1 N–H and O–H groups in total. The van der Waals surface area contributed by atoms with Crippen LogP contribution in [-0.4, -0.2) is 18.9 Å². The molecule has 0 atom stereocenters. The summed E-state index contributed by atoms with van der Waals surface area (Å²) in [6.07, 6.45) is 0.259. The number of para-hydroxylation sites is 1. The number of benzene rings is 3. The van der Waals surface area contributed by atoms with Crippen LogP contribution in [0.5, 0.6) is 0 Å². The van der Waals surface area contributed by atoms with Crippen LogP contribution in [0.1, 0.15) is 15.9 Å². The van der Waals surface area contributed by atoms with Gasteiger partial charge >= 0.3 is 0 Å². The highest BCUT2D eigenvalue weighted by Crippen LogP contribution is 2.17. The number of rotatable bonds is 5. The van der Waals surface area contributed by atoms with E-state index in [-0.39, 0.29) is 18.2 Å². The molecular formula is C22H19ClN2O2. The van der Waals surface area contributed by atoms with Gasteiger partial charge in [-0.3, -0.25) is 9.59 Å². The summed E-state index contributed by atoms with van der Waals surface area (Å²) in [5, 5.41) is 3.47. The molecule has 3 rings (SSSR count). The first-order valence-electron chi connectivity index (χ1n) is 8.50. The minimum Gasteiger partial charge on any atom is -0.326 e. The number of anilines is 2. The monoisotopic (exact) mass is 378 g/mol. The molecule has 5 heteroatoms. The molecule has 2 amide bonds. The fourth-order valence-corrected chi connectivity index (χ4v) is 2.78. The average molecular weight is 379 g/mol. The maximum atomic E-state index is 12.6. The smallest absolute Gasteiger partial charge is 0.258 e. The van der Waals surface area contributed by atoms with Crippen LogP contribution in [0.25, 0.3) is 0 Å². The van der Waals surface area contributed by atoms with Crippen LogP contribution in [0.2, 0.25) is 5.02 Å². The van der Waals surface area contributed by atoms with Gasteiger partial charge in [0.15, 0.2) is 0 Å². The van der Waals surface area contributed by atoms with Crippen molar-refractivity contribution in [1.82, 2.24) is 0 Å². The van der Waals surface area contributed by atoms with Gasteiger partial charge in [0.25, 0.3) is 5.91 Å². The fourth-order valence-electron chi connectivity index (χ4n) is 2.65. The van der Waals surface area contributed by atoms with Crippen molar-refractivity contribution in [3.05, 3.63) is 95.0 Å². The average Bonchev–Trinajstić information content (AvgIpc) is 2.70. The number of carbonyl (C=O) groups is 2. The summed E-state index contributed by atoms with van der Waals surface area (Å²) in [5.74, 6) is -0.238. The van der Waals surface area contributed by atoms with Crippen molar-refractivity contribution >= 4 is 34.8 Å². The number of hydrogen-bond acceptors (Lipinski definition) is 2. The van der Waals surface area contributed by atoms with Gasteiger partial charge in [-0.25, -0.2) is 0 Å². The van der Waals surface area contributed by atoms with Gasteiger partial charge < -0.3 is 10.2 Å². The van der Waals surface area contributed by atoms with Gasteiger partial charge in [-0.2, -0.15) is 0 Å². The number of hydrogen-bond donors (Lipinski definition) is 1. The molecule has 0 radical (unpaired) electrons. The highest BCUT2D eigenvalue weighted by Gasteiger charge is 2.13. The minimum atomic E-state index is -0.127. The lowest BCUT2D eigenvalue weighted by molar-refractivity contribution is -0.115. The van der Waals surface area contributed by atoms with Gasteiger partial charge in [-0.15, -0.1) is 0 Å². The van der Waals surface area contributed by atoms with Crippen LogP contribution < -0.4 is 10.2 Å². The van der Waals surface area contributed by atoms with Gasteiger partial charge in [-0.1, -0.05) is 41.9 Å². The molecule has 0 aliphatic carbocycles. The molecule has 4 nitrogen and oxygen atoms in total. The first-order valence-corrected chi connectivity index (χ1v) is 8.88. The number of amides is 2. The van der Waals surface area contributed by atoms with Gasteiger partial charge in [-0.05, 0) is 54.1 Å². The largest absolute Gasteiger partial charge is 0.326 e. The highest BCUT2D eigenvalue weighted by molar-refractivity contribution is 6.30. The summed E-state index contributed by atoms with van der Waals surface area (Å²) in [7, 11) is 1.74. The number of nitrogens with one attached hydrogen (secondary N) is 1. The van der Waals surface area contributed by atoms with Gasteiger partial charge in [0, 0.05) is 29.0 Å². The summed E-state index contributed by atoms with van der Waals surface area (Å²) in [6.45, 7) is 0. The SMILES string of the molecule is CN(C(=O)c1ccc(NC(=O)Cc2ccc(Cl)cc2)cc1)c1ccccc1. The van der Waals surface area contributed by atoms with E-state index in [4.69, 9.17) is 11.6 Å². The van der Waals surface area contributed by atoms with Crippen LogP contribution in [-0.2, 0) is 11.2 Å². The third-order valence-electron chi connectivity index (χ3n) is 4.14. The second-order valence-electron chi connectivity index (χ2n) is 6.13. The normalized spacial score (nSPS) is 10.3. The van der Waals surface area contributed by atoms with Crippen LogP contribution in [0, 0.1) is 0 Å². The Balaban J connectivity index is 1.62. The number of carbonyl (C=O) groups excluding carboxylic acids is 2. The van der Waals surface area contributed by atoms with E-state index in [9.17, 15) is 9.59 Å². The second-order valence-corrected chi connectivity index (χ2v) is 6.56. The Morgan fingerprint density at radius 2 is 1.52 bits per heavy atom. The molecule has 27 heavy (non-hydrogen) atoms. The van der Waals surface area contributed by atoms with Crippen molar-refractivity contribution in [2.24, 2.45) is 0 Å². The van der Waals surface area contributed by atoms with Crippen molar-refractivity contribution in [3.63, 3.8) is 0 Å². The lowest BCUT2D eigenvalue weighted by atomic mass is 10.1. The third kappa shape index (κ3) is 4.96. The fraction of sp³-hybridized carbons (Fsp3) is 0.0909. The zero-order valence-electron chi connectivity index (χ0n) is 14.9. The zero-order chi connectivity index (χ0) is 19.2. The zero-order valence-corrected chi connectivity index (χ0v) is 15.6. The third-order valence-corrected chi connectivity index (χ3v) is 4.39. The molecular weight excluding hydrogens is 360 g/mol. The van der Waals surface area contributed by atoms with Crippen molar-refractivity contribution < 1.29 is 9.59 Å². The van der Waals surface area contributed by atoms with E-state index in [1.54, 1.807) is 48.3 Å². The first kappa shape index (κ1) is 18.7. The van der Waals surface area contributed by atoms with Crippen molar-refractivity contribution in [2.75, 3.05) is 17.3 Å². The molecule has 0 aliphatic rings. The van der Waals surface area contributed by atoms with Crippen molar-refractivity contribution in [3.8, 4) is 0 Å². The van der Waals surface area contributed by atoms with E-state index >= 15 is 0 Å². The van der Waals surface area contributed by atoms with Crippen LogP contribution in [0.3, 0.4) is 0 Å². The van der Waals surface area contributed by atoms with Crippen LogP contribution in [0.4, 0.5) is 11.4 Å². The van der Waals surface area contributed by atoms with Gasteiger partial charge in [0.1, 0.15) is 0 Å².